The molecule has 0 radical (unpaired) electrons. The lowest BCUT2D eigenvalue weighted by atomic mass is 9.65. The fourth-order valence-electron chi connectivity index (χ4n) is 4.96. The van der Waals surface area contributed by atoms with E-state index in [-0.39, 0.29) is 5.91 Å². The van der Waals surface area contributed by atoms with Crippen molar-refractivity contribution >= 4 is 28.7 Å². The second-order valence-corrected chi connectivity index (χ2v) is 9.55. The van der Waals surface area contributed by atoms with Crippen LogP contribution in [0.4, 0.5) is 0 Å². The monoisotopic (exact) mass is 343 g/mol. The maximum atomic E-state index is 12.8. The molecular formula is C19H25N3OS. The Labute approximate surface area is 147 Å². The minimum atomic E-state index is 0.256. The second kappa shape index (κ2) is 5.51. The number of aromatic nitrogens is 2. The SMILES string of the molecule is CC1(C)CC2CC(C)(CN2C(=O)CSc2nc3ccccc3[nH]2)C1. The first kappa shape index (κ1) is 16.0. The molecule has 0 spiro atoms. The van der Waals surface area contributed by atoms with E-state index >= 15 is 0 Å². The van der Waals surface area contributed by atoms with E-state index in [2.05, 4.69) is 35.6 Å². The van der Waals surface area contributed by atoms with Gasteiger partial charge in [-0.25, -0.2) is 4.98 Å². The summed E-state index contributed by atoms with van der Waals surface area (Å²) in [6, 6.07) is 8.40. The van der Waals surface area contributed by atoms with Crippen LogP contribution in [0, 0.1) is 10.8 Å². The van der Waals surface area contributed by atoms with Crippen LogP contribution in [0.1, 0.15) is 40.0 Å². The van der Waals surface area contributed by atoms with Crippen molar-refractivity contribution in [2.75, 3.05) is 12.3 Å². The largest absolute Gasteiger partial charge is 0.338 e. The Morgan fingerprint density at radius 2 is 2.12 bits per heavy atom. The number of hydrogen-bond donors (Lipinski definition) is 1. The van der Waals surface area contributed by atoms with E-state index in [4.69, 9.17) is 0 Å². The van der Waals surface area contributed by atoms with Crippen molar-refractivity contribution in [1.29, 1.82) is 0 Å². The van der Waals surface area contributed by atoms with Crippen LogP contribution in [0.3, 0.4) is 0 Å². The van der Waals surface area contributed by atoms with Crippen LogP contribution >= 0.6 is 11.8 Å². The number of rotatable bonds is 3. The molecule has 2 bridgehead atoms. The number of benzene rings is 1. The molecule has 1 saturated heterocycles. The molecule has 4 nitrogen and oxygen atoms in total. The van der Waals surface area contributed by atoms with Gasteiger partial charge in [0, 0.05) is 12.6 Å². The van der Waals surface area contributed by atoms with Gasteiger partial charge in [-0.3, -0.25) is 4.79 Å². The van der Waals surface area contributed by atoms with Gasteiger partial charge in [-0.05, 0) is 42.2 Å². The molecule has 4 rings (SSSR count). The van der Waals surface area contributed by atoms with Crippen molar-refractivity contribution in [2.45, 2.75) is 51.2 Å². The number of amides is 1. The average molecular weight is 343 g/mol. The molecule has 1 aliphatic carbocycles. The Bertz CT molecular complexity index is 751. The third-order valence-corrected chi connectivity index (χ3v) is 6.29. The van der Waals surface area contributed by atoms with Crippen LogP contribution < -0.4 is 0 Å². The van der Waals surface area contributed by atoms with Gasteiger partial charge < -0.3 is 9.88 Å². The molecule has 2 heterocycles. The highest BCUT2D eigenvalue weighted by Crippen LogP contribution is 2.52. The quantitative estimate of drug-likeness (QED) is 0.854. The fourth-order valence-corrected chi connectivity index (χ4v) is 5.73. The van der Waals surface area contributed by atoms with Crippen LogP contribution in [0.2, 0.25) is 0 Å². The van der Waals surface area contributed by atoms with Crippen molar-refractivity contribution in [1.82, 2.24) is 14.9 Å². The molecule has 2 aliphatic rings. The summed E-state index contributed by atoms with van der Waals surface area (Å²) in [7, 11) is 0. The van der Waals surface area contributed by atoms with E-state index in [9.17, 15) is 4.79 Å². The molecule has 24 heavy (non-hydrogen) atoms. The summed E-state index contributed by atoms with van der Waals surface area (Å²) in [5.41, 5.74) is 2.63. The standard InChI is InChI=1S/C19H25N3OS/c1-18(2)8-13-9-19(3,11-18)12-22(13)16(23)10-24-17-20-14-6-4-5-7-15(14)21-17/h4-7,13H,8-12H2,1-3H3,(H,20,21). The number of imidazole rings is 1. The zero-order valence-corrected chi connectivity index (χ0v) is 15.4. The number of aromatic amines is 1. The summed E-state index contributed by atoms with van der Waals surface area (Å²) in [4.78, 5) is 22.8. The summed E-state index contributed by atoms with van der Waals surface area (Å²) < 4.78 is 0. The molecule has 2 atom stereocenters. The van der Waals surface area contributed by atoms with Crippen molar-refractivity contribution < 1.29 is 4.79 Å². The number of carbonyl (C=O) groups excluding carboxylic acids is 1. The van der Waals surface area contributed by atoms with Crippen LogP contribution in [0.25, 0.3) is 11.0 Å². The number of hydrogen-bond acceptors (Lipinski definition) is 3. The maximum absolute atomic E-state index is 12.8. The van der Waals surface area contributed by atoms with Crippen molar-refractivity contribution in [3.63, 3.8) is 0 Å². The van der Waals surface area contributed by atoms with E-state index in [0.29, 0.717) is 22.6 Å². The van der Waals surface area contributed by atoms with E-state index in [1.165, 1.54) is 18.2 Å². The molecule has 1 aromatic heterocycles. The predicted octanol–water partition coefficient (Wildman–Crippen LogP) is 4.08. The first-order chi connectivity index (χ1) is 11.3. The Morgan fingerprint density at radius 1 is 1.33 bits per heavy atom. The molecule has 5 heteroatoms. The first-order valence-corrected chi connectivity index (χ1v) is 9.69. The number of thioether (sulfide) groups is 1. The normalized spacial score (nSPS) is 28.5. The highest BCUT2D eigenvalue weighted by atomic mass is 32.2. The van der Waals surface area contributed by atoms with Gasteiger partial charge in [0.15, 0.2) is 5.16 Å². The molecule has 1 aliphatic heterocycles. The van der Waals surface area contributed by atoms with Crippen molar-refractivity contribution in [3.8, 4) is 0 Å². The smallest absolute Gasteiger partial charge is 0.233 e. The molecule has 128 valence electrons. The molecule has 1 aromatic carbocycles. The minimum absolute atomic E-state index is 0.256. The lowest BCUT2D eigenvalue weighted by Gasteiger charge is -2.39. The summed E-state index contributed by atoms with van der Waals surface area (Å²) in [6.45, 7) is 7.95. The van der Waals surface area contributed by atoms with Gasteiger partial charge in [0.2, 0.25) is 5.91 Å². The number of likely N-dealkylation sites (tertiary alicyclic amines) is 1. The number of nitrogens with one attached hydrogen (secondary N) is 1. The highest BCUT2D eigenvalue weighted by Gasteiger charge is 2.50. The summed E-state index contributed by atoms with van der Waals surface area (Å²) >= 11 is 1.52. The zero-order valence-electron chi connectivity index (χ0n) is 14.6. The van der Waals surface area contributed by atoms with Crippen LogP contribution in [-0.2, 0) is 4.79 Å². The van der Waals surface area contributed by atoms with Gasteiger partial charge in [-0.1, -0.05) is 44.7 Å². The fraction of sp³-hybridized carbons (Fsp3) is 0.579. The van der Waals surface area contributed by atoms with E-state index in [1.807, 2.05) is 24.3 Å². The van der Waals surface area contributed by atoms with Gasteiger partial charge >= 0.3 is 0 Å². The average Bonchev–Trinajstić information content (AvgIpc) is 3.01. The zero-order chi connectivity index (χ0) is 16.9. The third-order valence-electron chi connectivity index (χ3n) is 5.44. The van der Waals surface area contributed by atoms with Crippen LogP contribution in [0.15, 0.2) is 29.4 Å². The van der Waals surface area contributed by atoms with Gasteiger partial charge in [-0.15, -0.1) is 0 Å². The predicted molar refractivity (Wildman–Crippen MR) is 98.1 cm³/mol. The topological polar surface area (TPSA) is 49.0 Å². The molecule has 2 unspecified atom stereocenters. The van der Waals surface area contributed by atoms with E-state index < -0.39 is 0 Å². The highest BCUT2D eigenvalue weighted by molar-refractivity contribution is 7.99. The van der Waals surface area contributed by atoms with Gasteiger partial charge in [-0.2, -0.15) is 0 Å². The molecule has 1 N–H and O–H groups in total. The molecule has 1 amide bonds. The summed E-state index contributed by atoms with van der Waals surface area (Å²) in [6.07, 6.45) is 3.51. The minimum Gasteiger partial charge on any atom is -0.338 e. The number of H-pyrrole nitrogens is 1. The summed E-state index contributed by atoms with van der Waals surface area (Å²) in [5, 5.41) is 0.832. The van der Waals surface area contributed by atoms with Gasteiger partial charge in [0.05, 0.1) is 16.8 Å². The molecule has 2 aromatic rings. The van der Waals surface area contributed by atoms with Crippen molar-refractivity contribution in [3.05, 3.63) is 24.3 Å². The maximum Gasteiger partial charge on any atom is 0.233 e. The van der Waals surface area contributed by atoms with Crippen LogP contribution in [0.5, 0.6) is 0 Å². The third kappa shape index (κ3) is 2.94. The van der Waals surface area contributed by atoms with Crippen molar-refractivity contribution in [2.24, 2.45) is 10.8 Å². The number of fused-ring (bicyclic) bond motifs is 3. The lowest BCUT2D eigenvalue weighted by molar-refractivity contribution is -0.129. The Hall–Kier alpha value is -1.49. The Balaban J connectivity index is 1.43. The Morgan fingerprint density at radius 3 is 2.92 bits per heavy atom. The van der Waals surface area contributed by atoms with Gasteiger partial charge in [0.1, 0.15) is 0 Å². The van der Waals surface area contributed by atoms with Gasteiger partial charge in [0.25, 0.3) is 0 Å². The number of nitrogens with zero attached hydrogens (tertiary/aromatic N) is 2. The lowest BCUT2D eigenvalue weighted by Crippen LogP contribution is -2.38. The summed E-state index contributed by atoms with van der Waals surface area (Å²) in [5.74, 6) is 0.721. The van der Waals surface area contributed by atoms with Crippen LogP contribution in [-0.4, -0.2) is 39.1 Å². The Kier molecular flexibility index (Phi) is 3.68. The number of carbonyl (C=O) groups is 1. The first-order valence-electron chi connectivity index (χ1n) is 8.71. The molecule has 2 fully saturated rings. The molecular weight excluding hydrogens is 318 g/mol. The molecule has 1 saturated carbocycles. The second-order valence-electron chi connectivity index (χ2n) is 8.58. The van der Waals surface area contributed by atoms with E-state index in [0.717, 1.165) is 35.6 Å². The van der Waals surface area contributed by atoms with E-state index in [1.54, 1.807) is 0 Å². The number of para-hydroxylation sites is 2.